The summed E-state index contributed by atoms with van der Waals surface area (Å²) in [5, 5.41) is 0.697. The molecule has 8 heteroatoms. The number of carbonyl (C=O) groups is 1. The van der Waals surface area contributed by atoms with E-state index in [0.717, 1.165) is 29.9 Å². The fourth-order valence-corrected chi connectivity index (χ4v) is 4.25. The average molecular weight is 363 g/mol. The van der Waals surface area contributed by atoms with Gasteiger partial charge in [0.2, 0.25) is 0 Å². The number of nitrogens with two attached hydrogens (primary N) is 1. The smallest absolute Gasteiger partial charge is 0.338 e. The molecule has 2 N–H and O–H groups in total. The molecule has 0 radical (unpaired) electrons. The Morgan fingerprint density at radius 3 is 2.78 bits per heavy atom. The number of fused-ring (bicyclic) bond motifs is 1. The summed E-state index contributed by atoms with van der Waals surface area (Å²) in [7, 11) is 0. The molecule has 1 unspecified atom stereocenters. The van der Waals surface area contributed by atoms with Crippen LogP contribution in [0.4, 0.5) is 13.2 Å². The predicted molar refractivity (Wildman–Crippen MR) is 84.9 cm³/mol. The van der Waals surface area contributed by atoms with Gasteiger partial charge in [0.15, 0.2) is 0 Å². The minimum atomic E-state index is -4.42. The Bertz CT molecular complexity index is 759. The number of carbonyl (C=O) groups excluding carboxylic acids is 1. The number of nitrogens with zero attached hydrogens (tertiary/aromatic N) is 1. The molecule has 124 valence electrons. The van der Waals surface area contributed by atoms with E-state index in [9.17, 15) is 18.0 Å². The van der Waals surface area contributed by atoms with E-state index in [4.69, 9.17) is 17.3 Å². The molecule has 0 spiro atoms. The van der Waals surface area contributed by atoms with Crippen LogP contribution in [0.1, 0.15) is 21.7 Å². The molecule has 1 atom stereocenters. The largest absolute Gasteiger partial charge is 0.416 e. The molecule has 23 heavy (non-hydrogen) atoms. The molecular formula is C15H14ClF3N2OS. The Morgan fingerprint density at radius 2 is 2.17 bits per heavy atom. The zero-order valence-corrected chi connectivity index (χ0v) is 13.6. The number of thiophene rings is 1. The maximum Gasteiger partial charge on any atom is 0.416 e. The summed E-state index contributed by atoms with van der Waals surface area (Å²) in [5.74, 6) is 0.0321. The first-order chi connectivity index (χ1) is 10.8. The van der Waals surface area contributed by atoms with Crippen molar-refractivity contribution in [2.24, 2.45) is 11.7 Å². The van der Waals surface area contributed by atoms with Crippen molar-refractivity contribution in [3.05, 3.63) is 33.7 Å². The zero-order chi connectivity index (χ0) is 16.8. The van der Waals surface area contributed by atoms with Crippen molar-refractivity contribution in [1.29, 1.82) is 0 Å². The number of rotatable bonds is 2. The van der Waals surface area contributed by atoms with Gasteiger partial charge in [-0.3, -0.25) is 4.79 Å². The van der Waals surface area contributed by atoms with Crippen molar-refractivity contribution in [1.82, 2.24) is 4.90 Å². The lowest BCUT2D eigenvalue weighted by Crippen LogP contribution is -2.29. The Labute approximate surface area is 139 Å². The van der Waals surface area contributed by atoms with Gasteiger partial charge < -0.3 is 10.6 Å². The number of halogens is 4. The minimum absolute atomic E-state index is 0.222. The maximum absolute atomic E-state index is 12.8. The highest BCUT2D eigenvalue weighted by atomic mass is 35.5. The Hall–Kier alpha value is -1.31. The van der Waals surface area contributed by atoms with Crippen LogP contribution < -0.4 is 5.73 Å². The van der Waals surface area contributed by atoms with Crippen molar-refractivity contribution in [3.63, 3.8) is 0 Å². The van der Waals surface area contributed by atoms with E-state index in [1.54, 1.807) is 4.90 Å². The summed E-state index contributed by atoms with van der Waals surface area (Å²) in [6, 6.07) is 3.34. The van der Waals surface area contributed by atoms with E-state index in [1.807, 2.05) is 0 Å². The van der Waals surface area contributed by atoms with Gasteiger partial charge >= 0.3 is 6.18 Å². The predicted octanol–water partition coefficient (Wildman–Crippen LogP) is 3.99. The molecule has 1 aromatic carbocycles. The lowest BCUT2D eigenvalue weighted by atomic mass is 10.1. The van der Waals surface area contributed by atoms with Gasteiger partial charge in [0.1, 0.15) is 4.88 Å². The van der Waals surface area contributed by atoms with E-state index in [2.05, 4.69) is 0 Å². The topological polar surface area (TPSA) is 46.3 Å². The third-order valence-corrected chi connectivity index (χ3v) is 5.70. The summed E-state index contributed by atoms with van der Waals surface area (Å²) in [5.41, 5.74) is 4.87. The number of benzene rings is 1. The van der Waals surface area contributed by atoms with Crippen LogP contribution in [-0.4, -0.2) is 30.4 Å². The summed E-state index contributed by atoms with van der Waals surface area (Å²) in [4.78, 5) is 14.5. The van der Waals surface area contributed by atoms with Crippen molar-refractivity contribution in [2.45, 2.75) is 12.6 Å². The zero-order valence-electron chi connectivity index (χ0n) is 12.0. The van der Waals surface area contributed by atoms with Crippen LogP contribution in [0.25, 0.3) is 10.1 Å². The molecule has 1 aromatic heterocycles. The number of amides is 1. The average Bonchev–Trinajstić information content (AvgIpc) is 3.10. The number of likely N-dealkylation sites (tertiary alicyclic amines) is 1. The van der Waals surface area contributed by atoms with Gasteiger partial charge in [-0.15, -0.1) is 11.3 Å². The van der Waals surface area contributed by atoms with Crippen LogP contribution in [0.3, 0.4) is 0 Å². The molecule has 1 amide bonds. The minimum Gasteiger partial charge on any atom is -0.338 e. The van der Waals surface area contributed by atoms with E-state index < -0.39 is 11.7 Å². The standard InChI is InChI=1S/C15H14ClF3N2OS/c16-12-10-2-1-9(15(17,18)19)5-11(10)23-13(12)14(22)21-4-3-8(6-20)7-21/h1-2,5,8H,3-4,6-7,20H2. The Balaban J connectivity index is 1.95. The first kappa shape index (κ1) is 16.5. The second-order valence-corrected chi connectivity index (χ2v) is 7.03. The summed E-state index contributed by atoms with van der Waals surface area (Å²) < 4.78 is 38.7. The van der Waals surface area contributed by atoms with E-state index in [1.165, 1.54) is 6.07 Å². The van der Waals surface area contributed by atoms with Crippen molar-refractivity contribution in [3.8, 4) is 0 Å². The molecule has 0 aliphatic carbocycles. The van der Waals surface area contributed by atoms with Crippen LogP contribution in [0.2, 0.25) is 5.02 Å². The number of hydrogen-bond donors (Lipinski definition) is 1. The number of alkyl halides is 3. The van der Waals surface area contributed by atoms with Crippen LogP contribution in [0, 0.1) is 5.92 Å². The van der Waals surface area contributed by atoms with Crippen molar-refractivity contribution in [2.75, 3.05) is 19.6 Å². The van der Waals surface area contributed by atoms with E-state index >= 15 is 0 Å². The first-order valence-electron chi connectivity index (χ1n) is 7.10. The summed E-state index contributed by atoms with van der Waals surface area (Å²) in [6.07, 6.45) is -3.58. The molecule has 2 heterocycles. The third kappa shape index (κ3) is 3.05. The lowest BCUT2D eigenvalue weighted by molar-refractivity contribution is -0.137. The summed E-state index contributed by atoms with van der Waals surface area (Å²) in [6.45, 7) is 1.67. The van der Waals surface area contributed by atoms with Gasteiger partial charge in [-0.2, -0.15) is 13.2 Å². The Kier molecular flexibility index (Phi) is 4.29. The van der Waals surface area contributed by atoms with Crippen molar-refractivity contribution >= 4 is 38.9 Å². The molecule has 0 saturated carbocycles. The fraction of sp³-hybridized carbons (Fsp3) is 0.400. The normalized spacial score (nSPS) is 18.8. The molecule has 0 bridgehead atoms. The van der Waals surface area contributed by atoms with E-state index in [-0.39, 0.29) is 16.8 Å². The highest BCUT2D eigenvalue weighted by Crippen LogP contribution is 2.40. The SMILES string of the molecule is NCC1CCN(C(=O)c2sc3cc(C(F)(F)F)ccc3c2Cl)C1. The van der Waals surface area contributed by atoms with Gasteiger partial charge in [-0.05, 0) is 31.0 Å². The molecule has 3 nitrogen and oxygen atoms in total. The fourth-order valence-electron chi connectivity index (χ4n) is 2.73. The second-order valence-electron chi connectivity index (χ2n) is 5.60. The highest BCUT2D eigenvalue weighted by molar-refractivity contribution is 7.21. The van der Waals surface area contributed by atoms with Crippen LogP contribution in [0.15, 0.2) is 18.2 Å². The van der Waals surface area contributed by atoms with Crippen LogP contribution in [0.5, 0.6) is 0 Å². The van der Waals surface area contributed by atoms with Gasteiger partial charge in [0.05, 0.1) is 10.6 Å². The highest BCUT2D eigenvalue weighted by Gasteiger charge is 2.32. The summed E-state index contributed by atoms with van der Waals surface area (Å²) >= 11 is 7.23. The van der Waals surface area contributed by atoms with E-state index in [0.29, 0.717) is 34.6 Å². The lowest BCUT2D eigenvalue weighted by Gasteiger charge is -2.15. The van der Waals surface area contributed by atoms with Crippen LogP contribution >= 0.6 is 22.9 Å². The quantitative estimate of drug-likeness (QED) is 0.877. The number of hydrogen-bond acceptors (Lipinski definition) is 3. The Morgan fingerprint density at radius 1 is 1.43 bits per heavy atom. The molecular weight excluding hydrogens is 349 g/mol. The third-order valence-electron chi connectivity index (χ3n) is 4.06. The van der Waals surface area contributed by atoms with Crippen LogP contribution in [-0.2, 0) is 6.18 Å². The van der Waals surface area contributed by atoms with Gasteiger partial charge in [0, 0.05) is 23.2 Å². The molecule has 1 fully saturated rings. The molecule has 2 aromatic rings. The van der Waals surface area contributed by atoms with Gasteiger partial charge in [-0.1, -0.05) is 17.7 Å². The van der Waals surface area contributed by atoms with Gasteiger partial charge in [0.25, 0.3) is 5.91 Å². The maximum atomic E-state index is 12.8. The molecule has 1 aliphatic rings. The van der Waals surface area contributed by atoms with Crippen molar-refractivity contribution < 1.29 is 18.0 Å². The van der Waals surface area contributed by atoms with Gasteiger partial charge in [-0.25, -0.2) is 0 Å². The molecule has 1 saturated heterocycles. The first-order valence-corrected chi connectivity index (χ1v) is 8.29. The molecule has 1 aliphatic heterocycles. The second kappa shape index (κ2) is 5.96. The monoisotopic (exact) mass is 362 g/mol. The molecule has 3 rings (SSSR count).